The van der Waals surface area contributed by atoms with Crippen molar-refractivity contribution in [3.63, 3.8) is 0 Å². The highest BCUT2D eigenvalue weighted by molar-refractivity contribution is 6.40. The summed E-state index contributed by atoms with van der Waals surface area (Å²) in [5.41, 5.74) is 0.555. The number of hydrogen-bond acceptors (Lipinski definition) is 7. The van der Waals surface area contributed by atoms with Gasteiger partial charge in [0.25, 0.3) is 0 Å². The molecule has 2 heterocycles. The molecule has 3 aromatic rings. The average Bonchev–Trinajstić information content (AvgIpc) is 3.47. The molecule has 1 aromatic carbocycles. The normalized spacial score (nSPS) is 11.0. The van der Waals surface area contributed by atoms with Crippen LogP contribution >= 0.6 is 0 Å². The van der Waals surface area contributed by atoms with Crippen LogP contribution in [0.4, 0.5) is 5.69 Å². The molecule has 0 aliphatic heterocycles. The van der Waals surface area contributed by atoms with E-state index in [0.29, 0.717) is 35.7 Å². The molecule has 3 rings (SSSR count). The van der Waals surface area contributed by atoms with Gasteiger partial charge < -0.3 is 30.1 Å². The van der Waals surface area contributed by atoms with Gasteiger partial charge in [-0.05, 0) is 26.0 Å². The van der Waals surface area contributed by atoms with E-state index in [1.165, 1.54) is 33.5 Å². The number of methoxy groups -OCH3 is 1. The van der Waals surface area contributed by atoms with E-state index in [-0.39, 0.29) is 0 Å². The van der Waals surface area contributed by atoms with E-state index >= 15 is 0 Å². The van der Waals surface area contributed by atoms with Crippen molar-refractivity contribution in [2.45, 2.75) is 25.8 Å². The second kappa shape index (κ2) is 9.77. The molecule has 0 bridgehead atoms. The molecular weight excluding hydrogens is 416 g/mol. The molecule has 0 saturated carbocycles. The predicted molar refractivity (Wildman–Crippen MR) is 115 cm³/mol. The van der Waals surface area contributed by atoms with Gasteiger partial charge in [0, 0.05) is 36.6 Å². The quantitative estimate of drug-likeness (QED) is 0.385. The molecule has 0 unspecified atom stereocenters. The van der Waals surface area contributed by atoms with Crippen molar-refractivity contribution in [3.05, 3.63) is 49.0 Å². The summed E-state index contributed by atoms with van der Waals surface area (Å²) in [5, 5.41) is 7.66. The van der Waals surface area contributed by atoms with Crippen LogP contribution in [0.5, 0.6) is 5.75 Å². The van der Waals surface area contributed by atoms with E-state index in [4.69, 9.17) is 9.15 Å². The summed E-state index contributed by atoms with van der Waals surface area (Å²) >= 11 is 0. The summed E-state index contributed by atoms with van der Waals surface area (Å²) in [6, 6.07) is 4.82. The van der Waals surface area contributed by atoms with Gasteiger partial charge in [0.1, 0.15) is 11.3 Å². The molecule has 0 aliphatic rings. The molecule has 0 radical (unpaired) electrons. The molecule has 11 heteroatoms. The number of amides is 3. The average molecular weight is 440 g/mol. The number of carbonyl (C=O) groups is 3. The van der Waals surface area contributed by atoms with Gasteiger partial charge in [-0.3, -0.25) is 14.4 Å². The lowest BCUT2D eigenvalue weighted by molar-refractivity contribution is -0.139. The van der Waals surface area contributed by atoms with Gasteiger partial charge in [-0.2, -0.15) is 0 Å². The first-order valence-electron chi connectivity index (χ1n) is 9.76. The summed E-state index contributed by atoms with van der Waals surface area (Å²) in [6.45, 7) is 3.38. The smallest absolute Gasteiger partial charge is 0.313 e. The number of nitrogens with zero attached hydrogens (tertiary/aromatic N) is 2. The Balaban J connectivity index is 1.56. The fraction of sp³-hybridized carbons (Fsp3) is 0.286. The van der Waals surface area contributed by atoms with Crippen LogP contribution in [0, 0.1) is 0 Å². The fourth-order valence-corrected chi connectivity index (χ4v) is 2.86. The molecule has 0 spiro atoms. The third-order valence-electron chi connectivity index (χ3n) is 4.59. The van der Waals surface area contributed by atoms with Gasteiger partial charge in [-0.15, -0.1) is 0 Å². The molecule has 168 valence electrons. The minimum absolute atomic E-state index is 0.340. The lowest BCUT2D eigenvalue weighted by Crippen LogP contribution is -2.57. The van der Waals surface area contributed by atoms with E-state index in [2.05, 4.69) is 30.9 Å². The first-order chi connectivity index (χ1) is 15.3. The van der Waals surface area contributed by atoms with Crippen molar-refractivity contribution in [3.8, 4) is 17.1 Å². The monoisotopic (exact) mass is 440 g/mol. The number of nitrogens with one attached hydrogen (secondary N) is 4. The molecule has 0 atom stereocenters. The van der Waals surface area contributed by atoms with Crippen LogP contribution in [-0.2, 0) is 20.8 Å². The van der Waals surface area contributed by atoms with Crippen molar-refractivity contribution in [1.29, 1.82) is 0 Å². The van der Waals surface area contributed by atoms with E-state index < -0.39 is 23.3 Å². The van der Waals surface area contributed by atoms with Gasteiger partial charge in [0.15, 0.2) is 12.2 Å². The molecular formula is C21H24N6O5. The van der Waals surface area contributed by atoms with Gasteiger partial charge in [-0.1, -0.05) is 0 Å². The Hall–Kier alpha value is -4.15. The summed E-state index contributed by atoms with van der Waals surface area (Å²) in [7, 11) is 1.47. The number of hydrogen-bond donors (Lipinski definition) is 4. The van der Waals surface area contributed by atoms with E-state index in [1.807, 2.05) is 0 Å². The zero-order valence-electron chi connectivity index (χ0n) is 17.9. The minimum Gasteiger partial charge on any atom is -0.496 e. The number of imidazole rings is 1. The number of ether oxygens (including phenoxy) is 1. The van der Waals surface area contributed by atoms with Crippen LogP contribution in [0.3, 0.4) is 0 Å². The lowest BCUT2D eigenvalue weighted by atomic mass is 10.0. The van der Waals surface area contributed by atoms with Crippen LogP contribution in [0.1, 0.15) is 19.5 Å². The third kappa shape index (κ3) is 5.50. The summed E-state index contributed by atoms with van der Waals surface area (Å²) < 4.78 is 10.6. The standard InChI is InChI=1S/C21H24N6O5/c1-21(2,20(30)24-7-6-14-9-22-11-25-14)27-19(29)18(28)26-13-4-5-15(16(8-13)31-3)17-10-23-12-32-17/h4-5,8-12H,6-7H2,1-3H3,(H,22,25)(H,24,30)(H,26,28)(H,27,29). The Morgan fingerprint density at radius 2 is 1.97 bits per heavy atom. The van der Waals surface area contributed by atoms with Crippen LogP contribution in [0.15, 0.2) is 47.7 Å². The topological polar surface area (TPSA) is 151 Å². The van der Waals surface area contributed by atoms with E-state index in [0.717, 1.165) is 5.69 Å². The van der Waals surface area contributed by atoms with Gasteiger partial charge in [0.05, 0.1) is 25.2 Å². The number of anilines is 1. The third-order valence-corrected chi connectivity index (χ3v) is 4.59. The zero-order chi connectivity index (χ0) is 23.1. The minimum atomic E-state index is -1.30. The van der Waals surface area contributed by atoms with Crippen molar-refractivity contribution in [2.75, 3.05) is 19.0 Å². The lowest BCUT2D eigenvalue weighted by Gasteiger charge is -2.24. The maximum atomic E-state index is 12.4. The second-order valence-electron chi connectivity index (χ2n) is 7.40. The summed E-state index contributed by atoms with van der Waals surface area (Å²) in [5.74, 6) is -1.36. The van der Waals surface area contributed by atoms with Crippen molar-refractivity contribution in [1.82, 2.24) is 25.6 Å². The van der Waals surface area contributed by atoms with Crippen molar-refractivity contribution in [2.24, 2.45) is 0 Å². The molecule has 3 amide bonds. The maximum Gasteiger partial charge on any atom is 0.313 e. The zero-order valence-corrected chi connectivity index (χ0v) is 17.9. The predicted octanol–water partition coefficient (Wildman–Crippen LogP) is 1.27. The Morgan fingerprint density at radius 3 is 2.62 bits per heavy atom. The van der Waals surface area contributed by atoms with Crippen LogP contribution in [0.2, 0.25) is 0 Å². The SMILES string of the molecule is COc1cc(NC(=O)C(=O)NC(C)(C)C(=O)NCCc2cnc[nH]2)ccc1-c1cnco1. The Labute approximate surface area is 184 Å². The highest BCUT2D eigenvalue weighted by atomic mass is 16.5. The van der Waals surface area contributed by atoms with Crippen LogP contribution < -0.4 is 20.7 Å². The number of benzene rings is 1. The first-order valence-corrected chi connectivity index (χ1v) is 9.76. The molecule has 0 saturated heterocycles. The second-order valence-corrected chi connectivity index (χ2v) is 7.40. The summed E-state index contributed by atoms with van der Waals surface area (Å²) in [4.78, 5) is 47.9. The first kappa shape index (κ1) is 22.5. The van der Waals surface area contributed by atoms with Crippen LogP contribution in [-0.4, -0.2) is 51.9 Å². The van der Waals surface area contributed by atoms with E-state index in [9.17, 15) is 14.4 Å². The number of carbonyl (C=O) groups excluding carboxylic acids is 3. The number of oxazole rings is 1. The highest BCUT2D eigenvalue weighted by Crippen LogP contribution is 2.32. The highest BCUT2D eigenvalue weighted by Gasteiger charge is 2.31. The van der Waals surface area contributed by atoms with Gasteiger partial charge in [-0.25, -0.2) is 9.97 Å². The van der Waals surface area contributed by atoms with Crippen molar-refractivity contribution < 1.29 is 23.5 Å². The van der Waals surface area contributed by atoms with Crippen LogP contribution in [0.25, 0.3) is 11.3 Å². The Morgan fingerprint density at radius 1 is 1.16 bits per heavy atom. The molecule has 2 aromatic heterocycles. The van der Waals surface area contributed by atoms with E-state index in [1.54, 1.807) is 30.7 Å². The molecule has 0 aliphatic carbocycles. The maximum absolute atomic E-state index is 12.4. The number of aromatic nitrogens is 3. The largest absolute Gasteiger partial charge is 0.496 e. The number of aromatic amines is 1. The number of rotatable bonds is 8. The number of H-pyrrole nitrogens is 1. The Bertz CT molecular complexity index is 1080. The molecule has 4 N–H and O–H groups in total. The Kier molecular flexibility index (Phi) is 6.88. The van der Waals surface area contributed by atoms with Gasteiger partial charge >= 0.3 is 11.8 Å². The molecule has 11 nitrogen and oxygen atoms in total. The van der Waals surface area contributed by atoms with Crippen molar-refractivity contribution >= 4 is 23.4 Å². The molecule has 32 heavy (non-hydrogen) atoms. The summed E-state index contributed by atoms with van der Waals surface area (Å²) in [6.07, 6.45) is 6.60. The molecule has 0 fully saturated rings. The fourth-order valence-electron chi connectivity index (χ4n) is 2.86. The van der Waals surface area contributed by atoms with Gasteiger partial charge in [0.2, 0.25) is 5.91 Å².